The lowest BCUT2D eigenvalue weighted by molar-refractivity contribution is -0.138. The van der Waals surface area contributed by atoms with Crippen LogP contribution in [-0.2, 0) is 4.89 Å². The largest absolute Gasteiger partial charge is 0.504 e. The quantitative estimate of drug-likeness (QED) is 0.391. The van der Waals surface area contributed by atoms with Crippen LogP contribution >= 0.6 is 0 Å². The number of hydrogen-bond donors (Lipinski definition) is 1. The molecule has 4 heteroatoms. The molecule has 0 amide bonds. The molecule has 0 saturated carbocycles. The average molecular weight is 151 g/mol. The molecule has 1 aromatic rings. The van der Waals surface area contributed by atoms with E-state index in [2.05, 4.69) is 9.78 Å². The molecule has 0 heterocycles. The first-order valence-electron chi connectivity index (χ1n) is 2.85. The van der Waals surface area contributed by atoms with Crippen LogP contribution in [0.25, 0.3) is 0 Å². The average Bonchev–Trinajstić information content (AvgIpc) is 2.03. The lowest BCUT2D eigenvalue weighted by atomic mass is 10.3. The van der Waals surface area contributed by atoms with Crippen LogP contribution < -0.4 is 4.89 Å². The summed E-state index contributed by atoms with van der Waals surface area (Å²) < 4.78 is 0. The number of nitrogens with zero attached hydrogens (tertiary/aromatic N) is 1. The molecule has 0 fully saturated rings. The molecule has 0 aliphatic rings. The molecule has 0 aliphatic carbocycles. The number of hydrogen-bond acceptors (Lipinski definition) is 4. The Morgan fingerprint density at radius 1 is 1.36 bits per heavy atom. The highest BCUT2D eigenvalue weighted by atomic mass is 17.2. The van der Waals surface area contributed by atoms with Gasteiger partial charge in [-0.1, -0.05) is 12.1 Å². The summed E-state index contributed by atoms with van der Waals surface area (Å²) in [5.74, 6) is 0.0526. The van der Waals surface area contributed by atoms with Crippen LogP contribution in [0.5, 0.6) is 11.5 Å². The fourth-order valence-electron chi connectivity index (χ4n) is 0.591. The van der Waals surface area contributed by atoms with Gasteiger partial charge in [0.15, 0.2) is 5.75 Å². The molecule has 0 bridgehead atoms. The maximum absolute atomic E-state index is 9.02. The standard InChI is InChI=1S/C7H5NO3/c8-5-10-11-7-4-2-1-3-6(7)9/h1-4,9H. The van der Waals surface area contributed by atoms with Crippen molar-refractivity contribution in [2.75, 3.05) is 0 Å². The third-order valence-corrected chi connectivity index (χ3v) is 1.03. The van der Waals surface area contributed by atoms with Gasteiger partial charge in [-0.3, -0.25) is 4.89 Å². The van der Waals surface area contributed by atoms with Crippen molar-refractivity contribution in [2.24, 2.45) is 0 Å². The van der Waals surface area contributed by atoms with Crippen LogP contribution in [0.4, 0.5) is 0 Å². The summed E-state index contributed by atoms with van der Waals surface area (Å²) in [5, 5.41) is 17.0. The van der Waals surface area contributed by atoms with E-state index in [0.717, 1.165) is 0 Å². The second kappa shape index (κ2) is 3.32. The lowest BCUT2D eigenvalue weighted by Crippen LogP contribution is -1.89. The van der Waals surface area contributed by atoms with Crippen LogP contribution in [0.1, 0.15) is 0 Å². The maximum Gasteiger partial charge on any atom is 0.338 e. The van der Waals surface area contributed by atoms with Crippen molar-refractivity contribution >= 4 is 0 Å². The van der Waals surface area contributed by atoms with Gasteiger partial charge in [0, 0.05) is 0 Å². The van der Waals surface area contributed by atoms with Crippen molar-refractivity contribution in [2.45, 2.75) is 0 Å². The summed E-state index contributed by atoms with van der Waals surface area (Å²) in [6.45, 7) is 0. The van der Waals surface area contributed by atoms with Gasteiger partial charge >= 0.3 is 6.26 Å². The molecule has 0 spiro atoms. The van der Waals surface area contributed by atoms with E-state index in [1.165, 1.54) is 18.4 Å². The van der Waals surface area contributed by atoms with E-state index in [1.807, 2.05) is 0 Å². The summed E-state index contributed by atoms with van der Waals surface area (Å²) in [6.07, 6.45) is 1.31. The van der Waals surface area contributed by atoms with Crippen molar-refractivity contribution in [1.29, 1.82) is 5.26 Å². The van der Waals surface area contributed by atoms with E-state index in [0.29, 0.717) is 0 Å². The molecule has 0 radical (unpaired) electrons. The predicted octanol–water partition coefficient (Wildman–Crippen LogP) is 1.18. The van der Waals surface area contributed by atoms with Gasteiger partial charge in [-0.15, -0.1) is 5.26 Å². The third kappa shape index (κ3) is 1.76. The molecule has 1 N–H and O–H groups in total. The molecule has 0 saturated heterocycles. The lowest BCUT2D eigenvalue weighted by Gasteiger charge is -1.99. The summed E-state index contributed by atoms with van der Waals surface area (Å²) in [6, 6.07) is 6.19. The van der Waals surface area contributed by atoms with Crippen LogP contribution in [0.15, 0.2) is 24.3 Å². The normalized spacial score (nSPS) is 8.27. The van der Waals surface area contributed by atoms with Gasteiger partial charge < -0.3 is 5.11 Å². The smallest absolute Gasteiger partial charge is 0.338 e. The monoisotopic (exact) mass is 151 g/mol. The Hall–Kier alpha value is -1.89. The van der Waals surface area contributed by atoms with E-state index in [1.54, 1.807) is 12.1 Å². The van der Waals surface area contributed by atoms with Gasteiger partial charge in [0.2, 0.25) is 5.75 Å². The topological polar surface area (TPSA) is 62.5 Å². The highest BCUT2D eigenvalue weighted by Crippen LogP contribution is 2.23. The van der Waals surface area contributed by atoms with Gasteiger partial charge in [-0.25, -0.2) is 4.89 Å². The molecule has 1 aromatic carbocycles. The van der Waals surface area contributed by atoms with Gasteiger partial charge in [0.05, 0.1) is 0 Å². The zero-order valence-electron chi connectivity index (χ0n) is 5.52. The fourth-order valence-corrected chi connectivity index (χ4v) is 0.591. The Balaban J connectivity index is 2.71. The highest BCUT2D eigenvalue weighted by Gasteiger charge is 1.99. The number of nitriles is 1. The second-order valence-corrected chi connectivity index (χ2v) is 1.73. The van der Waals surface area contributed by atoms with Crippen LogP contribution in [0.2, 0.25) is 0 Å². The number of rotatable bonds is 2. The zero-order chi connectivity index (χ0) is 8.10. The Morgan fingerprint density at radius 3 is 2.73 bits per heavy atom. The minimum Gasteiger partial charge on any atom is -0.504 e. The maximum atomic E-state index is 9.02. The molecule has 0 atom stereocenters. The zero-order valence-corrected chi connectivity index (χ0v) is 5.52. The molecular formula is C7H5NO3. The van der Waals surface area contributed by atoms with Crippen molar-refractivity contribution < 1.29 is 14.9 Å². The molecule has 11 heavy (non-hydrogen) atoms. The fraction of sp³-hybridized carbons (Fsp3) is 0. The highest BCUT2D eigenvalue weighted by molar-refractivity contribution is 5.37. The predicted molar refractivity (Wildman–Crippen MR) is 35.4 cm³/mol. The van der Waals surface area contributed by atoms with Gasteiger partial charge in [0.25, 0.3) is 0 Å². The molecule has 56 valence electrons. The first-order chi connectivity index (χ1) is 5.34. The number of para-hydroxylation sites is 2. The minimum absolute atomic E-state index is 0.0669. The van der Waals surface area contributed by atoms with Crippen LogP contribution in [-0.4, -0.2) is 5.11 Å². The first kappa shape index (κ1) is 7.22. The number of phenols is 1. The molecular weight excluding hydrogens is 146 g/mol. The van der Waals surface area contributed by atoms with Gasteiger partial charge in [-0.05, 0) is 12.1 Å². The van der Waals surface area contributed by atoms with E-state index in [9.17, 15) is 0 Å². The van der Waals surface area contributed by atoms with Gasteiger partial charge in [-0.2, -0.15) is 0 Å². The summed E-state index contributed by atoms with van der Waals surface area (Å²) in [7, 11) is 0. The van der Waals surface area contributed by atoms with E-state index < -0.39 is 0 Å². The van der Waals surface area contributed by atoms with Crippen LogP contribution in [0.3, 0.4) is 0 Å². The number of aromatic hydroxyl groups is 1. The Bertz CT molecular complexity index is 279. The number of phenolic OH excluding ortho intramolecular Hbond substituents is 1. The van der Waals surface area contributed by atoms with E-state index in [4.69, 9.17) is 10.4 Å². The third-order valence-electron chi connectivity index (χ3n) is 1.03. The van der Waals surface area contributed by atoms with Gasteiger partial charge in [0.1, 0.15) is 0 Å². The SMILES string of the molecule is N#COOc1ccccc1O. The summed E-state index contributed by atoms with van der Waals surface area (Å²) >= 11 is 0. The van der Waals surface area contributed by atoms with Crippen molar-refractivity contribution in [1.82, 2.24) is 0 Å². The Morgan fingerprint density at radius 2 is 2.09 bits per heavy atom. The van der Waals surface area contributed by atoms with Crippen molar-refractivity contribution in [3.05, 3.63) is 24.3 Å². The number of benzene rings is 1. The van der Waals surface area contributed by atoms with Crippen LogP contribution in [0, 0.1) is 11.5 Å². The second-order valence-electron chi connectivity index (χ2n) is 1.73. The van der Waals surface area contributed by atoms with Crippen molar-refractivity contribution in [3.63, 3.8) is 0 Å². The molecule has 1 rings (SSSR count). The summed E-state index contributed by atoms with van der Waals surface area (Å²) in [5.41, 5.74) is 0. The van der Waals surface area contributed by atoms with E-state index >= 15 is 0 Å². The Kier molecular flexibility index (Phi) is 2.18. The molecule has 4 nitrogen and oxygen atoms in total. The van der Waals surface area contributed by atoms with Crippen molar-refractivity contribution in [3.8, 4) is 17.8 Å². The molecule has 0 unspecified atom stereocenters. The first-order valence-corrected chi connectivity index (χ1v) is 2.85. The molecule has 0 aliphatic heterocycles. The molecule has 0 aromatic heterocycles. The minimum atomic E-state index is -0.0669. The Labute approximate surface area is 63.1 Å². The summed E-state index contributed by atoms with van der Waals surface area (Å²) in [4.78, 5) is 8.32. The van der Waals surface area contributed by atoms with E-state index in [-0.39, 0.29) is 11.5 Å².